The zero-order chi connectivity index (χ0) is 13.1. The van der Waals surface area contributed by atoms with Gasteiger partial charge in [-0.05, 0) is 6.92 Å². The minimum atomic E-state index is -0.715. The molecule has 0 aliphatic heterocycles. The molecule has 0 aliphatic carbocycles. The van der Waals surface area contributed by atoms with E-state index in [2.05, 4.69) is 20.8 Å². The second-order valence-electron chi connectivity index (χ2n) is 2.62. The lowest BCUT2D eigenvalue weighted by atomic mass is 10.5. The summed E-state index contributed by atoms with van der Waals surface area (Å²) in [7, 11) is 0. The van der Waals surface area contributed by atoms with Crippen LogP contribution in [0.5, 0.6) is 0 Å². The fraction of sp³-hybridized carbons (Fsp3) is 0.364. The lowest BCUT2D eigenvalue weighted by Gasteiger charge is -2.02. The first kappa shape index (κ1) is 14.9. The van der Waals surface area contributed by atoms with Crippen molar-refractivity contribution in [3.63, 3.8) is 0 Å². The fourth-order valence-electron chi connectivity index (χ4n) is 0.718. The summed E-state index contributed by atoms with van der Waals surface area (Å²) in [4.78, 5) is 32.4. The van der Waals surface area contributed by atoms with E-state index in [-0.39, 0.29) is 19.8 Å². The third-order valence-corrected chi connectivity index (χ3v) is 1.38. The van der Waals surface area contributed by atoms with Gasteiger partial charge in [0.15, 0.2) is 0 Å². The van der Waals surface area contributed by atoms with E-state index in [0.717, 1.165) is 18.2 Å². The molecular formula is C11H14O6. The molecule has 0 heterocycles. The molecule has 17 heavy (non-hydrogen) atoms. The smallest absolute Gasteiger partial charge is 0.331 e. The Labute approximate surface area is 98.8 Å². The first-order valence-electron chi connectivity index (χ1n) is 4.91. The molecule has 0 aromatic carbocycles. The minimum absolute atomic E-state index is 0.0656. The van der Waals surface area contributed by atoms with Gasteiger partial charge in [-0.1, -0.05) is 6.58 Å². The van der Waals surface area contributed by atoms with E-state index in [1.807, 2.05) is 0 Å². The lowest BCUT2D eigenvalue weighted by molar-refractivity contribution is -0.146. The number of carbonyl (C=O) groups excluding carboxylic acids is 3. The first-order valence-corrected chi connectivity index (χ1v) is 4.91. The SMILES string of the molecule is C=CC(=O)OCCOC(=O)/C=C/C(=O)OCC. The second kappa shape index (κ2) is 9.14. The van der Waals surface area contributed by atoms with Crippen LogP contribution in [0.15, 0.2) is 24.8 Å². The molecular weight excluding hydrogens is 228 g/mol. The van der Waals surface area contributed by atoms with Crippen LogP contribution in [0.25, 0.3) is 0 Å². The van der Waals surface area contributed by atoms with Gasteiger partial charge in [0.25, 0.3) is 0 Å². The number of hydrogen-bond acceptors (Lipinski definition) is 6. The summed E-state index contributed by atoms with van der Waals surface area (Å²) in [6.45, 7) is 4.92. The van der Waals surface area contributed by atoms with Crippen LogP contribution in [0.4, 0.5) is 0 Å². The summed E-state index contributed by atoms with van der Waals surface area (Å²) in [6.07, 6.45) is 2.90. The predicted octanol–water partition coefficient (Wildman–Crippen LogP) is 0.378. The Hall–Kier alpha value is -2.11. The topological polar surface area (TPSA) is 78.9 Å². The molecule has 0 aliphatic rings. The molecule has 6 heteroatoms. The minimum Gasteiger partial charge on any atom is -0.463 e. The maximum Gasteiger partial charge on any atom is 0.331 e. The molecule has 0 fully saturated rings. The van der Waals surface area contributed by atoms with Gasteiger partial charge in [-0.25, -0.2) is 14.4 Å². The predicted molar refractivity (Wildman–Crippen MR) is 57.9 cm³/mol. The molecule has 0 atom stereocenters. The van der Waals surface area contributed by atoms with Crippen LogP contribution in [-0.2, 0) is 28.6 Å². The first-order chi connectivity index (χ1) is 8.10. The van der Waals surface area contributed by atoms with Gasteiger partial charge in [-0.15, -0.1) is 0 Å². The highest BCUT2D eigenvalue weighted by Gasteiger charge is 2.01. The summed E-state index contributed by atoms with van der Waals surface area (Å²) in [5.41, 5.74) is 0. The highest BCUT2D eigenvalue weighted by molar-refractivity contribution is 5.91. The molecule has 0 N–H and O–H groups in total. The summed E-state index contributed by atoms with van der Waals surface area (Å²) in [6, 6.07) is 0. The molecule has 0 amide bonds. The van der Waals surface area contributed by atoms with E-state index in [0.29, 0.717) is 0 Å². The number of ether oxygens (including phenoxy) is 3. The standard InChI is InChI=1S/C11H14O6/c1-3-9(12)16-7-8-17-11(14)6-5-10(13)15-4-2/h3,5-6H,1,4,7-8H2,2H3/b6-5+. The normalized spacial score (nSPS) is 9.71. The molecule has 6 nitrogen and oxygen atoms in total. The average molecular weight is 242 g/mol. The van der Waals surface area contributed by atoms with Crippen molar-refractivity contribution in [1.82, 2.24) is 0 Å². The second-order valence-corrected chi connectivity index (χ2v) is 2.62. The van der Waals surface area contributed by atoms with E-state index in [1.165, 1.54) is 0 Å². The summed E-state index contributed by atoms with van der Waals surface area (Å²) in [5.74, 6) is -1.93. The van der Waals surface area contributed by atoms with Gasteiger partial charge in [0.2, 0.25) is 0 Å². The zero-order valence-electron chi connectivity index (χ0n) is 9.51. The largest absolute Gasteiger partial charge is 0.463 e. The molecule has 0 saturated carbocycles. The van der Waals surface area contributed by atoms with E-state index in [4.69, 9.17) is 0 Å². The van der Waals surface area contributed by atoms with Crippen molar-refractivity contribution in [3.05, 3.63) is 24.8 Å². The fourth-order valence-corrected chi connectivity index (χ4v) is 0.718. The van der Waals surface area contributed by atoms with Crippen molar-refractivity contribution >= 4 is 17.9 Å². The van der Waals surface area contributed by atoms with E-state index in [9.17, 15) is 14.4 Å². The lowest BCUT2D eigenvalue weighted by Crippen LogP contribution is -2.11. The maximum atomic E-state index is 11.0. The molecule has 0 aromatic rings. The molecule has 0 saturated heterocycles. The monoisotopic (exact) mass is 242 g/mol. The Balaban J connectivity index is 3.69. The molecule has 94 valence electrons. The van der Waals surface area contributed by atoms with Gasteiger partial charge in [0, 0.05) is 18.2 Å². The number of rotatable bonds is 7. The van der Waals surface area contributed by atoms with Crippen molar-refractivity contribution in [2.45, 2.75) is 6.92 Å². The van der Waals surface area contributed by atoms with Crippen LogP contribution in [-0.4, -0.2) is 37.7 Å². The summed E-state index contributed by atoms with van der Waals surface area (Å²) >= 11 is 0. The molecule has 0 bridgehead atoms. The van der Waals surface area contributed by atoms with Gasteiger partial charge in [0.1, 0.15) is 13.2 Å². The van der Waals surface area contributed by atoms with Gasteiger partial charge < -0.3 is 14.2 Å². The van der Waals surface area contributed by atoms with E-state index < -0.39 is 17.9 Å². The van der Waals surface area contributed by atoms with Crippen LogP contribution in [0, 0.1) is 0 Å². The quantitative estimate of drug-likeness (QED) is 0.278. The maximum absolute atomic E-state index is 11.0. The Morgan fingerprint density at radius 1 is 0.941 bits per heavy atom. The molecule has 0 spiro atoms. The Morgan fingerprint density at radius 3 is 1.88 bits per heavy atom. The van der Waals surface area contributed by atoms with Gasteiger partial charge in [-0.2, -0.15) is 0 Å². The third kappa shape index (κ3) is 8.86. The Bertz CT molecular complexity index is 318. The van der Waals surface area contributed by atoms with Gasteiger partial charge in [0.05, 0.1) is 6.61 Å². The highest BCUT2D eigenvalue weighted by Crippen LogP contribution is 1.87. The summed E-state index contributed by atoms with van der Waals surface area (Å²) < 4.78 is 13.7. The van der Waals surface area contributed by atoms with Crippen LogP contribution >= 0.6 is 0 Å². The van der Waals surface area contributed by atoms with Crippen LogP contribution in [0.3, 0.4) is 0 Å². The van der Waals surface area contributed by atoms with Gasteiger partial charge >= 0.3 is 17.9 Å². The van der Waals surface area contributed by atoms with E-state index in [1.54, 1.807) is 6.92 Å². The van der Waals surface area contributed by atoms with Gasteiger partial charge in [-0.3, -0.25) is 0 Å². The van der Waals surface area contributed by atoms with Crippen molar-refractivity contribution in [2.24, 2.45) is 0 Å². The zero-order valence-corrected chi connectivity index (χ0v) is 9.51. The number of hydrogen-bond donors (Lipinski definition) is 0. The Morgan fingerprint density at radius 2 is 1.41 bits per heavy atom. The molecule has 0 unspecified atom stereocenters. The molecule has 0 radical (unpaired) electrons. The van der Waals surface area contributed by atoms with Crippen LogP contribution in [0.2, 0.25) is 0 Å². The van der Waals surface area contributed by atoms with E-state index >= 15 is 0 Å². The summed E-state index contributed by atoms with van der Waals surface area (Å²) in [5, 5.41) is 0. The van der Waals surface area contributed by atoms with Crippen LogP contribution in [0.1, 0.15) is 6.92 Å². The van der Waals surface area contributed by atoms with Crippen molar-refractivity contribution < 1.29 is 28.6 Å². The van der Waals surface area contributed by atoms with Crippen molar-refractivity contribution in [3.8, 4) is 0 Å². The third-order valence-electron chi connectivity index (χ3n) is 1.38. The number of esters is 3. The van der Waals surface area contributed by atoms with Crippen LogP contribution < -0.4 is 0 Å². The highest BCUT2D eigenvalue weighted by atomic mass is 16.6. The Kier molecular flexibility index (Phi) is 8.01. The number of carbonyl (C=O) groups is 3. The van der Waals surface area contributed by atoms with Crippen molar-refractivity contribution in [2.75, 3.05) is 19.8 Å². The van der Waals surface area contributed by atoms with Crippen molar-refractivity contribution in [1.29, 1.82) is 0 Å². The molecule has 0 rings (SSSR count). The molecule has 0 aromatic heterocycles. The average Bonchev–Trinajstić information content (AvgIpc) is 2.32.